The lowest BCUT2D eigenvalue weighted by molar-refractivity contribution is 0.438. The second-order valence-electron chi connectivity index (χ2n) is 22.5. The average molecular weight is 839 g/mol. The second kappa shape index (κ2) is 15.6. The Morgan fingerprint density at radius 2 is 1.08 bits per heavy atom. The lowest BCUT2D eigenvalue weighted by Gasteiger charge is -2.29. The summed E-state index contributed by atoms with van der Waals surface area (Å²) in [7, 11) is 0. The van der Waals surface area contributed by atoms with E-state index in [-0.39, 0.29) is 27.1 Å². The fraction of sp³-hybridized carbons (Fsp3) is 0.397. The zero-order chi connectivity index (χ0) is 45.4. The van der Waals surface area contributed by atoms with Gasteiger partial charge in [0.25, 0.3) is 0 Å². The fourth-order valence-corrected chi connectivity index (χ4v) is 9.21. The molecule has 8 rings (SSSR count). The molecule has 5 heteroatoms. The third-order valence-corrected chi connectivity index (χ3v) is 13.8. The molecule has 5 aromatic carbocycles. The monoisotopic (exact) mass is 839 g/mol. The maximum atomic E-state index is 7.05. The van der Waals surface area contributed by atoms with Crippen LogP contribution >= 0.6 is 0 Å². The SMILES string of the molecule is CCC(C)(CC)c1ccnc(-n2c3cc(Oc4cc(N5CN(c6cc(C(C)(C)C)cc(C(C)(C)C)c6)c6ccccc65)cc(C(C)(C)C)c4)ccc3c3c(C(C)(C)C)cccc32)c1. The third-order valence-electron chi connectivity index (χ3n) is 13.8. The summed E-state index contributed by atoms with van der Waals surface area (Å²) in [4.78, 5) is 9.99. The van der Waals surface area contributed by atoms with Crippen molar-refractivity contribution in [1.29, 1.82) is 0 Å². The van der Waals surface area contributed by atoms with Crippen LogP contribution < -0.4 is 14.5 Å². The fourth-order valence-electron chi connectivity index (χ4n) is 9.21. The molecule has 0 bridgehead atoms. The van der Waals surface area contributed by atoms with Gasteiger partial charge in [0.05, 0.1) is 22.4 Å². The summed E-state index contributed by atoms with van der Waals surface area (Å²) in [6.07, 6.45) is 4.11. The smallest absolute Gasteiger partial charge is 0.137 e. The van der Waals surface area contributed by atoms with E-state index in [0.717, 1.165) is 46.9 Å². The number of pyridine rings is 1. The van der Waals surface area contributed by atoms with Crippen LogP contribution in [0.5, 0.6) is 11.5 Å². The molecule has 328 valence electrons. The predicted molar refractivity (Wildman–Crippen MR) is 270 cm³/mol. The Balaban J connectivity index is 1.25. The minimum atomic E-state index is -0.113. The summed E-state index contributed by atoms with van der Waals surface area (Å²) in [5.74, 6) is 2.54. The van der Waals surface area contributed by atoms with E-state index in [2.05, 4.69) is 227 Å². The number of hydrogen-bond donors (Lipinski definition) is 0. The molecule has 0 atom stereocenters. The lowest BCUT2D eigenvalue weighted by Crippen LogP contribution is -2.26. The van der Waals surface area contributed by atoms with Crippen LogP contribution in [0.2, 0.25) is 0 Å². The minimum Gasteiger partial charge on any atom is -0.457 e. The molecule has 0 saturated carbocycles. The molecule has 1 aliphatic rings. The van der Waals surface area contributed by atoms with Gasteiger partial charge in [-0.3, -0.25) is 4.57 Å². The van der Waals surface area contributed by atoms with E-state index in [4.69, 9.17) is 9.72 Å². The number of fused-ring (bicyclic) bond motifs is 4. The Hall–Kier alpha value is -5.55. The van der Waals surface area contributed by atoms with Gasteiger partial charge >= 0.3 is 0 Å². The molecule has 0 radical (unpaired) electrons. The Bertz CT molecular complexity index is 2800. The van der Waals surface area contributed by atoms with Crippen molar-refractivity contribution in [1.82, 2.24) is 9.55 Å². The van der Waals surface area contributed by atoms with E-state index in [1.165, 1.54) is 55.7 Å². The molecule has 7 aromatic rings. The highest BCUT2D eigenvalue weighted by atomic mass is 16.5. The van der Waals surface area contributed by atoms with Crippen molar-refractivity contribution >= 4 is 44.6 Å². The maximum Gasteiger partial charge on any atom is 0.137 e. The van der Waals surface area contributed by atoms with Gasteiger partial charge in [0.15, 0.2) is 0 Å². The molecule has 3 heterocycles. The van der Waals surface area contributed by atoms with Crippen LogP contribution in [-0.4, -0.2) is 16.2 Å². The Labute approximate surface area is 378 Å². The number of hydrogen-bond acceptors (Lipinski definition) is 4. The molecule has 5 nitrogen and oxygen atoms in total. The van der Waals surface area contributed by atoms with Crippen LogP contribution in [0.15, 0.2) is 115 Å². The van der Waals surface area contributed by atoms with Crippen molar-refractivity contribution in [3.63, 3.8) is 0 Å². The molecule has 63 heavy (non-hydrogen) atoms. The van der Waals surface area contributed by atoms with Crippen molar-refractivity contribution in [2.24, 2.45) is 0 Å². The predicted octanol–water partition coefficient (Wildman–Crippen LogP) is 16.5. The Morgan fingerprint density at radius 1 is 0.508 bits per heavy atom. The molecule has 0 fully saturated rings. The highest BCUT2D eigenvalue weighted by molar-refractivity contribution is 6.11. The van der Waals surface area contributed by atoms with E-state index < -0.39 is 0 Å². The van der Waals surface area contributed by atoms with Crippen LogP contribution in [0.4, 0.5) is 22.7 Å². The first-order valence-corrected chi connectivity index (χ1v) is 23.2. The first-order valence-electron chi connectivity index (χ1n) is 23.2. The van der Waals surface area contributed by atoms with E-state index in [0.29, 0.717) is 6.67 Å². The molecule has 0 saturated heterocycles. The largest absolute Gasteiger partial charge is 0.457 e. The maximum absolute atomic E-state index is 7.05. The second-order valence-corrected chi connectivity index (χ2v) is 22.5. The molecule has 2 aromatic heterocycles. The van der Waals surface area contributed by atoms with Crippen molar-refractivity contribution in [3.05, 3.63) is 143 Å². The van der Waals surface area contributed by atoms with Gasteiger partial charge in [0.1, 0.15) is 24.0 Å². The molecule has 0 N–H and O–H groups in total. The summed E-state index contributed by atoms with van der Waals surface area (Å²) in [6, 6.07) is 40.7. The van der Waals surface area contributed by atoms with Crippen LogP contribution in [-0.2, 0) is 27.1 Å². The van der Waals surface area contributed by atoms with E-state index >= 15 is 0 Å². The van der Waals surface area contributed by atoms with Gasteiger partial charge in [0, 0.05) is 40.5 Å². The van der Waals surface area contributed by atoms with Gasteiger partial charge in [-0.1, -0.05) is 134 Å². The standard InChI is InChI=1S/C58H70N4O/c1-16-58(15,17-2)38-27-28-59-52(34-38)62-50-24-20-21-47(57(12,13)14)53(50)46-26-25-44(36-51(46)62)63-45-33-41(56(9,10)11)32-43(35-45)61-37-60(48-22-18-19-23-49(48)61)42-30-39(54(3,4)5)29-40(31-42)55(6,7)8/h18-36H,16-17,37H2,1-15H3. The normalized spacial score (nSPS) is 14.0. The summed E-state index contributed by atoms with van der Waals surface area (Å²) >= 11 is 0. The Morgan fingerprint density at radius 3 is 1.63 bits per heavy atom. The van der Waals surface area contributed by atoms with E-state index in [9.17, 15) is 0 Å². The van der Waals surface area contributed by atoms with Gasteiger partial charge < -0.3 is 14.5 Å². The number of ether oxygens (including phenoxy) is 1. The quantitative estimate of drug-likeness (QED) is 0.153. The van der Waals surface area contributed by atoms with Crippen LogP contribution in [0.25, 0.3) is 27.6 Å². The number of rotatable bonds is 8. The minimum absolute atomic E-state index is 0.0144. The van der Waals surface area contributed by atoms with Crippen molar-refractivity contribution < 1.29 is 4.74 Å². The van der Waals surface area contributed by atoms with Gasteiger partial charge in [-0.05, 0) is 134 Å². The summed E-state index contributed by atoms with van der Waals surface area (Å²) in [5, 5.41) is 2.47. The number of benzene rings is 5. The van der Waals surface area contributed by atoms with Gasteiger partial charge in [-0.15, -0.1) is 0 Å². The zero-order valence-electron chi connectivity index (χ0n) is 40.8. The molecular formula is C58H70N4O. The van der Waals surface area contributed by atoms with Crippen molar-refractivity contribution in [2.45, 2.75) is 144 Å². The summed E-state index contributed by atoms with van der Waals surface area (Å²) in [6.45, 7) is 35.3. The van der Waals surface area contributed by atoms with Crippen LogP contribution in [0, 0.1) is 0 Å². The first kappa shape index (κ1) is 44.1. The number of nitrogens with zero attached hydrogens (tertiary/aromatic N) is 4. The van der Waals surface area contributed by atoms with Gasteiger partial charge in [-0.2, -0.15) is 0 Å². The van der Waals surface area contributed by atoms with Crippen molar-refractivity contribution in [2.75, 3.05) is 16.5 Å². The van der Waals surface area contributed by atoms with Crippen molar-refractivity contribution in [3.8, 4) is 17.3 Å². The Kier molecular flexibility index (Phi) is 10.9. The van der Waals surface area contributed by atoms with Crippen LogP contribution in [0.1, 0.15) is 145 Å². The van der Waals surface area contributed by atoms with Gasteiger partial charge in [-0.25, -0.2) is 4.98 Å². The molecule has 0 amide bonds. The average Bonchev–Trinajstić information content (AvgIpc) is 3.78. The number of para-hydroxylation sites is 2. The summed E-state index contributed by atoms with van der Waals surface area (Å²) < 4.78 is 9.41. The molecule has 0 aliphatic carbocycles. The van der Waals surface area contributed by atoms with E-state index in [1.807, 2.05) is 6.20 Å². The topological polar surface area (TPSA) is 33.5 Å². The zero-order valence-corrected chi connectivity index (χ0v) is 40.8. The molecular weight excluding hydrogens is 769 g/mol. The highest BCUT2D eigenvalue weighted by Crippen LogP contribution is 2.48. The highest BCUT2D eigenvalue weighted by Gasteiger charge is 2.32. The molecule has 1 aliphatic heterocycles. The first-order chi connectivity index (χ1) is 29.5. The number of aromatic nitrogens is 2. The van der Waals surface area contributed by atoms with E-state index in [1.54, 1.807) is 0 Å². The molecule has 0 unspecified atom stereocenters. The summed E-state index contributed by atoms with van der Waals surface area (Å²) in [5.41, 5.74) is 13.4. The lowest BCUT2D eigenvalue weighted by atomic mass is 9.78. The van der Waals surface area contributed by atoms with Gasteiger partial charge in [0.2, 0.25) is 0 Å². The third kappa shape index (κ3) is 8.25. The van der Waals surface area contributed by atoms with Crippen LogP contribution in [0.3, 0.4) is 0 Å². The molecule has 0 spiro atoms. The number of anilines is 4.